The highest BCUT2D eigenvalue weighted by Crippen LogP contribution is 2.21. The zero-order valence-corrected chi connectivity index (χ0v) is 8.57. The second-order valence-electron chi connectivity index (χ2n) is 3.78. The highest BCUT2D eigenvalue weighted by Gasteiger charge is 2.10. The van der Waals surface area contributed by atoms with Gasteiger partial charge in [-0.2, -0.15) is 0 Å². The summed E-state index contributed by atoms with van der Waals surface area (Å²) in [6.45, 7) is 2.09. The fraction of sp³-hybridized carbons (Fsp3) is 0.385. The Kier molecular flexibility index (Phi) is 2.87. The summed E-state index contributed by atoms with van der Waals surface area (Å²) >= 11 is 0. The molecular weight excluding hydrogens is 172 g/mol. The van der Waals surface area contributed by atoms with Crippen molar-refractivity contribution in [1.29, 1.82) is 0 Å². The van der Waals surface area contributed by atoms with Gasteiger partial charge >= 0.3 is 0 Å². The lowest BCUT2D eigenvalue weighted by Crippen LogP contribution is -2.16. The third kappa shape index (κ3) is 2.16. The maximum atomic E-state index is 5.90. The van der Waals surface area contributed by atoms with Crippen LogP contribution in [0.3, 0.4) is 0 Å². The number of benzene rings is 1. The van der Waals surface area contributed by atoms with E-state index in [9.17, 15) is 0 Å². The van der Waals surface area contributed by atoms with E-state index in [0.717, 1.165) is 12.2 Å². The quantitative estimate of drug-likeness (QED) is 0.645. The summed E-state index contributed by atoms with van der Waals surface area (Å²) in [7, 11) is 0. The van der Waals surface area contributed by atoms with Crippen molar-refractivity contribution >= 4 is 0 Å². The van der Waals surface area contributed by atoms with Gasteiger partial charge in [0.05, 0.1) is 0 Å². The highest BCUT2D eigenvalue weighted by molar-refractivity contribution is 5.32. The van der Waals surface area contributed by atoms with Crippen LogP contribution in [0.1, 0.15) is 24.8 Å². The van der Waals surface area contributed by atoms with E-state index in [-0.39, 0.29) is 6.10 Å². The summed E-state index contributed by atoms with van der Waals surface area (Å²) in [4.78, 5) is 0. The molecule has 0 aliphatic heterocycles. The molecule has 0 radical (unpaired) electrons. The lowest BCUT2D eigenvalue weighted by Gasteiger charge is -2.19. The van der Waals surface area contributed by atoms with E-state index in [1.807, 2.05) is 18.2 Å². The molecule has 1 atom stereocenters. The first-order valence-electron chi connectivity index (χ1n) is 5.25. The number of rotatable bonds is 2. The van der Waals surface area contributed by atoms with Gasteiger partial charge in [0.1, 0.15) is 11.9 Å². The Morgan fingerprint density at radius 1 is 1.29 bits per heavy atom. The average Bonchev–Trinajstić information content (AvgIpc) is 2.23. The Bertz CT molecular complexity index is 328. The minimum absolute atomic E-state index is 0.282. The molecule has 1 unspecified atom stereocenters. The van der Waals surface area contributed by atoms with Crippen molar-refractivity contribution in [2.24, 2.45) is 0 Å². The second-order valence-corrected chi connectivity index (χ2v) is 3.78. The molecule has 0 spiro atoms. The SMILES string of the molecule is Cc1ccccc1OC1C=CCCC1. The largest absolute Gasteiger partial charge is 0.486 e. The standard InChI is InChI=1S/C13H16O/c1-11-7-5-6-10-13(11)14-12-8-3-2-4-9-12/h3,5-8,10,12H,2,4,9H2,1H3. The Morgan fingerprint density at radius 3 is 2.86 bits per heavy atom. The number of allylic oxidation sites excluding steroid dienone is 1. The molecule has 0 saturated heterocycles. The summed E-state index contributed by atoms with van der Waals surface area (Å²) in [5, 5.41) is 0. The minimum atomic E-state index is 0.282. The van der Waals surface area contributed by atoms with Gasteiger partial charge in [-0.3, -0.25) is 0 Å². The topological polar surface area (TPSA) is 9.23 Å². The van der Waals surface area contributed by atoms with Crippen molar-refractivity contribution < 1.29 is 4.74 Å². The Hall–Kier alpha value is -1.24. The molecule has 14 heavy (non-hydrogen) atoms. The predicted octanol–water partition coefficient (Wildman–Crippen LogP) is 3.48. The molecule has 74 valence electrons. The Morgan fingerprint density at radius 2 is 2.14 bits per heavy atom. The van der Waals surface area contributed by atoms with Crippen molar-refractivity contribution in [1.82, 2.24) is 0 Å². The summed E-state index contributed by atoms with van der Waals surface area (Å²) in [6.07, 6.45) is 8.26. The summed E-state index contributed by atoms with van der Waals surface area (Å²) in [5.41, 5.74) is 1.21. The molecule has 0 N–H and O–H groups in total. The lowest BCUT2D eigenvalue weighted by molar-refractivity contribution is 0.228. The van der Waals surface area contributed by atoms with Crippen LogP contribution in [-0.4, -0.2) is 6.10 Å². The fourth-order valence-electron chi connectivity index (χ4n) is 1.73. The predicted molar refractivity (Wildman–Crippen MR) is 58.6 cm³/mol. The van der Waals surface area contributed by atoms with Gasteiger partial charge in [-0.1, -0.05) is 24.3 Å². The molecule has 0 fully saturated rings. The summed E-state index contributed by atoms with van der Waals surface area (Å²) < 4.78 is 5.90. The maximum Gasteiger partial charge on any atom is 0.123 e. The van der Waals surface area contributed by atoms with Crippen molar-refractivity contribution in [3.05, 3.63) is 42.0 Å². The molecule has 1 aromatic rings. The highest BCUT2D eigenvalue weighted by atomic mass is 16.5. The van der Waals surface area contributed by atoms with Gasteiger partial charge < -0.3 is 4.74 Å². The van der Waals surface area contributed by atoms with E-state index in [0.29, 0.717) is 0 Å². The van der Waals surface area contributed by atoms with E-state index < -0.39 is 0 Å². The Balaban J connectivity index is 2.06. The molecule has 0 bridgehead atoms. The maximum absolute atomic E-state index is 5.90. The summed E-state index contributed by atoms with van der Waals surface area (Å²) in [6, 6.07) is 8.19. The Labute approximate surface area is 85.4 Å². The molecule has 1 aliphatic carbocycles. The van der Waals surface area contributed by atoms with Gasteiger partial charge in [0.25, 0.3) is 0 Å². The normalized spacial score (nSPS) is 20.8. The fourth-order valence-corrected chi connectivity index (χ4v) is 1.73. The van der Waals surface area contributed by atoms with Gasteiger partial charge in [0.15, 0.2) is 0 Å². The summed E-state index contributed by atoms with van der Waals surface area (Å²) in [5.74, 6) is 1.02. The van der Waals surface area contributed by atoms with Crippen LogP contribution in [0.15, 0.2) is 36.4 Å². The third-order valence-electron chi connectivity index (χ3n) is 2.58. The van der Waals surface area contributed by atoms with Gasteiger partial charge in [-0.05, 0) is 43.9 Å². The van der Waals surface area contributed by atoms with Gasteiger partial charge in [0.2, 0.25) is 0 Å². The van der Waals surface area contributed by atoms with Crippen LogP contribution >= 0.6 is 0 Å². The van der Waals surface area contributed by atoms with Crippen LogP contribution in [-0.2, 0) is 0 Å². The van der Waals surface area contributed by atoms with Crippen molar-refractivity contribution in [3.63, 3.8) is 0 Å². The molecule has 1 heteroatoms. The number of hydrogen-bond acceptors (Lipinski definition) is 1. The van der Waals surface area contributed by atoms with Gasteiger partial charge in [-0.15, -0.1) is 0 Å². The zero-order valence-electron chi connectivity index (χ0n) is 8.57. The van der Waals surface area contributed by atoms with Crippen molar-refractivity contribution in [2.75, 3.05) is 0 Å². The second kappa shape index (κ2) is 4.32. The molecule has 1 aliphatic rings. The molecule has 0 heterocycles. The van der Waals surface area contributed by atoms with Crippen molar-refractivity contribution in [3.8, 4) is 5.75 Å². The number of aryl methyl sites for hydroxylation is 1. The van der Waals surface area contributed by atoms with Crippen molar-refractivity contribution in [2.45, 2.75) is 32.3 Å². The molecule has 1 aromatic carbocycles. The van der Waals surface area contributed by atoms with E-state index in [1.54, 1.807) is 0 Å². The molecule has 0 amide bonds. The molecule has 0 saturated carbocycles. The van der Waals surface area contributed by atoms with E-state index in [1.165, 1.54) is 18.4 Å². The lowest BCUT2D eigenvalue weighted by atomic mass is 10.1. The third-order valence-corrected chi connectivity index (χ3v) is 2.58. The molecular formula is C13H16O. The average molecular weight is 188 g/mol. The smallest absolute Gasteiger partial charge is 0.123 e. The first-order valence-corrected chi connectivity index (χ1v) is 5.25. The van der Waals surface area contributed by atoms with Crippen LogP contribution in [0.5, 0.6) is 5.75 Å². The van der Waals surface area contributed by atoms with Crippen LogP contribution in [0, 0.1) is 6.92 Å². The first-order chi connectivity index (χ1) is 6.86. The zero-order chi connectivity index (χ0) is 9.80. The monoisotopic (exact) mass is 188 g/mol. The number of hydrogen-bond donors (Lipinski definition) is 0. The molecule has 2 rings (SSSR count). The van der Waals surface area contributed by atoms with Crippen LogP contribution < -0.4 is 4.74 Å². The van der Waals surface area contributed by atoms with Crippen LogP contribution in [0.25, 0.3) is 0 Å². The molecule has 1 nitrogen and oxygen atoms in total. The van der Waals surface area contributed by atoms with E-state index in [4.69, 9.17) is 4.74 Å². The first kappa shape index (κ1) is 9.32. The van der Waals surface area contributed by atoms with E-state index >= 15 is 0 Å². The van der Waals surface area contributed by atoms with E-state index in [2.05, 4.69) is 25.1 Å². The number of para-hydroxylation sites is 1. The van der Waals surface area contributed by atoms with Gasteiger partial charge in [-0.25, -0.2) is 0 Å². The molecule has 0 aromatic heterocycles. The number of ether oxygens (including phenoxy) is 1. The van der Waals surface area contributed by atoms with Crippen LogP contribution in [0.2, 0.25) is 0 Å². The van der Waals surface area contributed by atoms with Gasteiger partial charge in [0, 0.05) is 0 Å². The minimum Gasteiger partial charge on any atom is -0.486 e. The van der Waals surface area contributed by atoms with Crippen LogP contribution in [0.4, 0.5) is 0 Å².